The molecule has 0 spiro atoms. The molecule has 0 bridgehead atoms. The number of fused-ring (bicyclic) bond motifs is 8. The van der Waals surface area contributed by atoms with Crippen molar-refractivity contribution in [3.63, 3.8) is 0 Å². The normalized spacial score (nSPS) is 23.5. The van der Waals surface area contributed by atoms with Gasteiger partial charge in [0.2, 0.25) is 5.28 Å². The van der Waals surface area contributed by atoms with Crippen molar-refractivity contribution in [2.45, 2.75) is 61.4 Å². The SMILES string of the molecule is C.C.CC1[C@H]2CNC[C@@H]12.CCc1cc(F)cc2c1[nH]c1nc(Oc3cnc(C)nc3)nc(N3C[C@@H]4C(N)[C@@H]4C3)c12.CNc1cc(F)cc2c1Cc1nc(Cl)nc(Cl)c1-2.Cc1ncc(O)cn1.[2H][2H].[2H][2H].[2H][2H].[2H][2H].[2H][2H].[2H][2H].[2H][2H].[2H][2H].[2H][2H].[2H][2H].[2H][2H].[2H][2H].[2H][2H].[2H][2H].[2H][2H].[2H][2H].[2H][2H].[2H][2H].[2H][2H].[2H][2H].[2H][2H]. The molecule has 19 heteroatoms. The maximum absolute atomic E-state index is 14.4. The molecule has 12 rings (SSSR count). The van der Waals surface area contributed by atoms with E-state index in [-0.39, 0.29) is 54.7 Å². The maximum Gasteiger partial charge on any atom is 0.326 e. The molecular formula is C47H97Cl2F2N13O2. The van der Waals surface area contributed by atoms with Crippen molar-refractivity contribution < 1.29 is 81.0 Å². The third-order valence-corrected chi connectivity index (χ3v) is 13.2. The summed E-state index contributed by atoms with van der Waals surface area (Å²) in [6.45, 7) is 12.2. The fraction of sp³-hybridized carbons (Fsp3) is 0.404. The standard InChI is InChI=1S/C22H22FN7O.C12H8Cl2FN3.C6H11N.C5H6N2O.2CH4.21H2/c1-3-11-4-12(23)5-14-17-20(27-19(11)14)28-22(31-13-6-25-10(2)26-7-13)29-21(17)30-8-15-16(9-30)18(15)24;1-16-8-3-5(15)2-7-6(8)4-9-10(7)11(13)18-12(14)17-9;1-4-5-2-7-3-6(4)5;1-4-6-2-5(8)3-7-4;;;;;;;;;;;;;;;;;;;;;;;/h4-7,15-16,18H,3,8-9,24H2,1-2H3,(H,27,28,29);2-3,16H,4H2,1H3;4-7H,2-3H2,1H3;2-3,8H,1H3;2*1H4;21*1H/t15-,16+,18?;;4?,5-,6+;;;;;;;;;;;;;;;;;;;;;;;;/i;;;;;;21*1+1D. The van der Waals surface area contributed by atoms with Crippen LogP contribution in [0.4, 0.5) is 20.3 Å². The van der Waals surface area contributed by atoms with E-state index in [0.29, 0.717) is 53.3 Å². The molecule has 15 nitrogen and oxygen atoms in total. The summed E-state index contributed by atoms with van der Waals surface area (Å²) in [5.74, 6) is 6.20. The van der Waals surface area contributed by atoms with Gasteiger partial charge in [0.15, 0.2) is 11.5 Å². The van der Waals surface area contributed by atoms with Gasteiger partial charge in [0.05, 0.1) is 41.4 Å². The van der Waals surface area contributed by atoms with Crippen LogP contribution in [0.25, 0.3) is 33.1 Å². The lowest BCUT2D eigenvalue weighted by molar-refractivity contribution is 0.439. The number of benzene rings is 2. The molecule has 7 aromatic rings. The summed E-state index contributed by atoms with van der Waals surface area (Å²) in [6.07, 6.45) is 7.19. The summed E-state index contributed by atoms with van der Waals surface area (Å²) in [5, 5.41) is 16.9. The quantitative estimate of drug-likeness (QED) is 0.0805. The van der Waals surface area contributed by atoms with Crippen LogP contribution in [0.2, 0.25) is 10.4 Å². The van der Waals surface area contributed by atoms with Gasteiger partial charge in [-0.05, 0) is 116 Å². The Kier molecular flexibility index (Phi) is 8.19. The Morgan fingerprint density at radius 2 is 1.55 bits per heavy atom. The molecule has 2 aromatic carbocycles. The Bertz CT molecular complexity index is 2930. The summed E-state index contributed by atoms with van der Waals surface area (Å²) in [5.41, 5.74) is 12.4. The van der Waals surface area contributed by atoms with Gasteiger partial charge in [-0.15, -0.1) is 0 Å². The number of aromatic nitrogens is 9. The van der Waals surface area contributed by atoms with E-state index in [9.17, 15) is 8.78 Å². The highest BCUT2D eigenvalue weighted by molar-refractivity contribution is 6.34. The number of nitrogens with zero attached hydrogens (tertiary/aromatic N) is 9. The summed E-state index contributed by atoms with van der Waals surface area (Å²) in [7, 11) is 1.75. The van der Waals surface area contributed by atoms with Crippen molar-refractivity contribution in [1.29, 1.82) is 0 Å². The molecule has 3 aliphatic carbocycles. The van der Waals surface area contributed by atoms with Crippen LogP contribution < -0.4 is 26.0 Å². The summed E-state index contributed by atoms with van der Waals surface area (Å²) >= 11 is 11.9. The number of H-pyrrole nitrogens is 1. The second-order valence-corrected chi connectivity index (χ2v) is 17.4. The van der Waals surface area contributed by atoms with Crippen molar-refractivity contribution in [2.75, 3.05) is 43.4 Å². The number of aromatic hydroxyl groups is 1. The van der Waals surface area contributed by atoms with Gasteiger partial charge in [0.25, 0.3) is 0 Å². The predicted molar refractivity (Wildman–Crippen MR) is 300 cm³/mol. The zero-order valence-electron chi connectivity index (χ0n) is 77.8. The van der Waals surface area contributed by atoms with E-state index in [0.717, 1.165) is 81.0 Å². The molecule has 390 valence electrons. The third-order valence-electron chi connectivity index (χ3n) is 12.8. The lowest BCUT2D eigenvalue weighted by Crippen LogP contribution is -2.29. The zero-order valence-corrected chi connectivity index (χ0v) is 37.3. The predicted octanol–water partition coefficient (Wildman–Crippen LogP) is 14.0. The highest BCUT2D eigenvalue weighted by Gasteiger charge is 2.54. The maximum atomic E-state index is 14.4. The number of hydrogen-bond donors (Lipinski definition) is 5. The van der Waals surface area contributed by atoms with Gasteiger partial charge < -0.3 is 36.1 Å². The molecular weight excluding hydrogens is 888 g/mol. The fourth-order valence-electron chi connectivity index (χ4n) is 9.13. The van der Waals surface area contributed by atoms with Gasteiger partial charge in [-0.2, -0.15) is 9.97 Å². The molecule has 0 amide bonds. The number of nitrogens with one attached hydrogen (secondary N) is 3. The van der Waals surface area contributed by atoms with Crippen LogP contribution in [-0.4, -0.2) is 89.2 Å². The molecule has 5 aromatic heterocycles. The number of ether oxygens (including phenoxy) is 1. The Morgan fingerprint density at radius 3 is 2.14 bits per heavy atom. The average Bonchev–Trinajstić information content (AvgIpc) is 1.57. The Balaban J connectivity index is -0.0000000749. The van der Waals surface area contributed by atoms with E-state index in [1.165, 1.54) is 37.6 Å². The van der Waals surface area contributed by atoms with Crippen molar-refractivity contribution in [3.05, 3.63) is 99.6 Å². The first-order chi connectivity index (χ1) is 51.8. The number of halogens is 4. The Hall–Kier alpha value is -5.88. The number of nitrogens with two attached hydrogens (primary N) is 1. The van der Waals surface area contributed by atoms with Gasteiger partial charge in [-0.3, -0.25) is 0 Å². The second-order valence-electron chi connectivity index (χ2n) is 16.7. The summed E-state index contributed by atoms with van der Waals surface area (Å²) < 4.78 is 244. The zero-order chi connectivity index (χ0) is 87.0. The molecule has 2 unspecified atom stereocenters. The van der Waals surface area contributed by atoms with Crippen LogP contribution in [-0.2, 0) is 12.8 Å². The van der Waals surface area contributed by atoms with E-state index in [4.69, 9.17) is 106 Å². The van der Waals surface area contributed by atoms with Gasteiger partial charge >= 0.3 is 6.01 Å². The van der Waals surface area contributed by atoms with Gasteiger partial charge in [0.1, 0.15) is 39.9 Å². The molecule has 2 saturated heterocycles. The number of aromatic amines is 1. The van der Waals surface area contributed by atoms with Gasteiger partial charge in [0, 0.05) is 112 Å². The number of piperidine rings is 2. The highest BCUT2D eigenvalue weighted by atomic mass is 35.5. The van der Waals surface area contributed by atoms with Crippen molar-refractivity contribution in [1.82, 2.24) is 50.2 Å². The molecule has 2 aliphatic heterocycles. The molecule has 6 N–H and O–H groups in total. The monoisotopic (exact) mass is 1030 g/mol. The minimum absolute atomic E-state index is 0. The summed E-state index contributed by atoms with van der Waals surface area (Å²) in [6, 6.07) is 6.48. The number of hydrogen-bond acceptors (Lipinski definition) is 14. The molecule has 4 fully saturated rings. The van der Waals surface area contributed by atoms with E-state index in [2.05, 4.69) is 62.3 Å². The van der Waals surface area contributed by atoms with Crippen molar-refractivity contribution >= 4 is 56.6 Å². The molecule has 7 heterocycles. The first kappa shape index (κ1) is 27.7. The van der Waals surface area contributed by atoms with E-state index < -0.39 is 0 Å². The third kappa shape index (κ3) is 9.66. The van der Waals surface area contributed by atoms with Gasteiger partial charge in [-0.25, -0.2) is 38.7 Å². The van der Waals surface area contributed by atoms with E-state index >= 15 is 0 Å². The molecule has 6 atom stereocenters. The van der Waals surface area contributed by atoms with Crippen molar-refractivity contribution in [2.24, 2.45) is 35.3 Å². The van der Waals surface area contributed by atoms with Crippen molar-refractivity contribution in [3.8, 4) is 28.6 Å². The Morgan fingerprint density at radius 1 is 0.909 bits per heavy atom. The lowest BCUT2D eigenvalue weighted by Gasteiger charge is -2.21. The molecule has 2 saturated carbocycles. The topological polar surface area (TPSA) is 202 Å². The highest BCUT2D eigenvalue weighted by Crippen LogP contribution is 2.49. The Labute approximate surface area is 457 Å². The van der Waals surface area contributed by atoms with Crippen LogP contribution >= 0.6 is 23.2 Å². The minimum Gasteiger partial charge on any atom is -0.505 e. The number of rotatable bonds is 5. The number of aryl methyl sites for hydroxylation is 3. The van der Waals surface area contributed by atoms with Crippen LogP contribution in [0.3, 0.4) is 0 Å². The van der Waals surface area contributed by atoms with E-state index in [1.54, 1.807) is 38.5 Å². The van der Waals surface area contributed by atoms with Gasteiger partial charge in [-0.1, -0.05) is 40.3 Å². The first-order valence-corrected chi connectivity index (χ1v) is 21.9. The number of anilines is 2. The average molecular weight is 1030 g/mol. The van der Waals surface area contributed by atoms with Crippen LogP contribution in [0, 0.1) is 55.1 Å². The first-order valence-electron chi connectivity index (χ1n) is 42.2. The van der Waals surface area contributed by atoms with Crippen LogP contribution in [0.1, 0.15) is 120 Å². The minimum atomic E-state index is -0.322. The second kappa shape index (κ2) is 19.5. The van der Waals surface area contributed by atoms with Crippen LogP contribution in [0.5, 0.6) is 17.5 Å². The smallest absolute Gasteiger partial charge is 0.326 e. The summed E-state index contributed by atoms with van der Waals surface area (Å²) in [4.78, 5) is 38.7. The van der Waals surface area contributed by atoms with E-state index in [1.807, 2.05) is 13.8 Å². The van der Waals surface area contributed by atoms with Crippen LogP contribution in [0.15, 0.2) is 49.1 Å². The largest absolute Gasteiger partial charge is 0.505 e. The molecule has 5 aliphatic rings. The fourth-order valence-corrected chi connectivity index (χ4v) is 9.65. The molecule has 0 radical (unpaired) electrons. The molecule has 66 heavy (non-hydrogen) atoms. The lowest BCUT2D eigenvalue weighted by atomic mass is 10.1.